The molecule has 8 nitrogen and oxygen atoms in total. The predicted octanol–water partition coefficient (Wildman–Crippen LogP) is 3.90. The summed E-state index contributed by atoms with van der Waals surface area (Å²) < 4.78 is 46.8. The van der Waals surface area contributed by atoms with Gasteiger partial charge in [0.15, 0.2) is 0 Å². The molecule has 0 radical (unpaired) electrons. The number of halogens is 1. The second-order valence-corrected chi connectivity index (χ2v) is 11.0. The number of hydrogen-bond acceptors (Lipinski definition) is 7. The number of rotatable bonds is 5. The third kappa shape index (κ3) is 4.45. The van der Waals surface area contributed by atoms with E-state index in [0.717, 1.165) is 0 Å². The van der Waals surface area contributed by atoms with Gasteiger partial charge in [0.05, 0.1) is 15.7 Å². The number of aromatic nitrogens is 2. The van der Waals surface area contributed by atoms with Gasteiger partial charge in [0, 0.05) is 30.6 Å². The number of thiophene rings is 1. The minimum Gasteiger partial charge on any atom is -0.339 e. The molecule has 1 unspecified atom stereocenters. The van der Waals surface area contributed by atoms with Crippen LogP contribution in [0.5, 0.6) is 0 Å². The van der Waals surface area contributed by atoms with Crippen LogP contribution in [-0.2, 0) is 14.8 Å². The van der Waals surface area contributed by atoms with Gasteiger partial charge in [0.25, 0.3) is 0 Å². The molecule has 0 bridgehead atoms. The van der Waals surface area contributed by atoms with Crippen molar-refractivity contribution in [1.29, 1.82) is 0 Å². The zero-order valence-corrected chi connectivity index (χ0v) is 19.5. The van der Waals surface area contributed by atoms with Crippen molar-refractivity contribution < 1.29 is 22.1 Å². The lowest BCUT2D eigenvalue weighted by molar-refractivity contribution is -0.120. The highest BCUT2D eigenvalue weighted by Crippen LogP contribution is 2.35. The molecule has 1 aliphatic rings. The molecule has 2 aromatic heterocycles. The molecular weight excluding hydrogens is 455 g/mol. The Balaban J connectivity index is 1.51. The molecule has 1 atom stereocenters. The maximum atomic E-state index is 13.8. The van der Waals surface area contributed by atoms with E-state index in [2.05, 4.69) is 15.5 Å². The number of carbonyl (C=O) groups is 1. The van der Waals surface area contributed by atoms with Gasteiger partial charge in [-0.05, 0) is 50.5 Å². The van der Waals surface area contributed by atoms with Crippen LogP contribution < -0.4 is 5.32 Å². The molecule has 1 aliphatic heterocycles. The van der Waals surface area contributed by atoms with Gasteiger partial charge in [-0.2, -0.15) is 9.29 Å². The molecular formula is C21H23FN4O4S2. The maximum Gasteiger partial charge on any atom is 0.244 e. The van der Waals surface area contributed by atoms with Gasteiger partial charge in [-0.1, -0.05) is 11.2 Å². The molecule has 1 saturated heterocycles. The van der Waals surface area contributed by atoms with Crippen molar-refractivity contribution in [1.82, 2.24) is 14.4 Å². The summed E-state index contributed by atoms with van der Waals surface area (Å²) >= 11 is 1.28. The fourth-order valence-corrected chi connectivity index (χ4v) is 6.67. The van der Waals surface area contributed by atoms with E-state index >= 15 is 0 Å². The number of aryl methyl sites for hydroxylation is 3. The Morgan fingerprint density at radius 2 is 2.06 bits per heavy atom. The van der Waals surface area contributed by atoms with Crippen LogP contribution >= 0.6 is 11.3 Å². The first-order valence-electron chi connectivity index (χ1n) is 10.1. The largest absolute Gasteiger partial charge is 0.339 e. The van der Waals surface area contributed by atoms with Gasteiger partial charge in [-0.25, -0.2) is 12.8 Å². The van der Waals surface area contributed by atoms with Crippen LogP contribution in [-0.4, -0.2) is 41.9 Å². The first kappa shape index (κ1) is 22.6. The van der Waals surface area contributed by atoms with Crippen molar-refractivity contribution in [2.75, 3.05) is 18.4 Å². The Morgan fingerprint density at radius 3 is 2.75 bits per heavy atom. The third-order valence-corrected chi connectivity index (χ3v) is 8.60. The lowest BCUT2D eigenvalue weighted by Crippen LogP contribution is -2.43. The molecule has 3 aromatic rings. The van der Waals surface area contributed by atoms with Crippen molar-refractivity contribution in [3.8, 4) is 10.7 Å². The number of nitrogens with one attached hydrogen (secondary N) is 1. The second kappa shape index (κ2) is 8.72. The smallest absolute Gasteiger partial charge is 0.244 e. The highest BCUT2D eigenvalue weighted by atomic mass is 32.2. The number of nitrogens with zero attached hydrogens (tertiary/aromatic N) is 3. The number of hydrogen-bond donors (Lipinski definition) is 1. The SMILES string of the molecule is Cc1nc(-c2cc(S(=O)(=O)N3CCCC(C(=O)Nc4ccc(C)c(F)c4)C3)c(C)s2)no1. The van der Waals surface area contributed by atoms with E-state index in [1.807, 2.05) is 0 Å². The Morgan fingerprint density at radius 1 is 1.28 bits per heavy atom. The standard InChI is InChI=1S/C21H23FN4O4S2/c1-12-6-7-16(9-17(12)22)24-21(27)15-5-4-8-26(11-15)32(28,29)19-10-18(31-13(19)2)20-23-14(3)30-25-20/h6-7,9-10,15H,4-5,8,11H2,1-3H3,(H,24,27). The summed E-state index contributed by atoms with van der Waals surface area (Å²) in [6, 6.07) is 6.03. The van der Waals surface area contributed by atoms with Gasteiger partial charge >= 0.3 is 0 Å². The van der Waals surface area contributed by atoms with E-state index in [4.69, 9.17) is 4.52 Å². The van der Waals surface area contributed by atoms with Crippen LogP contribution in [0, 0.1) is 32.5 Å². The molecule has 32 heavy (non-hydrogen) atoms. The Labute approximate surface area is 189 Å². The van der Waals surface area contributed by atoms with Gasteiger partial charge in [-0.15, -0.1) is 11.3 Å². The summed E-state index contributed by atoms with van der Waals surface area (Å²) in [6.45, 7) is 5.43. The van der Waals surface area contributed by atoms with Crippen LogP contribution in [0.1, 0.15) is 29.2 Å². The van der Waals surface area contributed by atoms with Crippen molar-refractivity contribution >= 4 is 33.0 Å². The van der Waals surface area contributed by atoms with Gasteiger partial charge < -0.3 is 9.84 Å². The summed E-state index contributed by atoms with van der Waals surface area (Å²) in [5.41, 5.74) is 0.839. The number of anilines is 1. The van der Waals surface area contributed by atoms with Crippen LogP contribution in [0.15, 0.2) is 33.7 Å². The Bertz CT molecular complexity index is 1270. The number of sulfonamides is 1. The molecule has 0 spiro atoms. The van der Waals surface area contributed by atoms with Crippen LogP contribution in [0.3, 0.4) is 0 Å². The van der Waals surface area contributed by atoms with Gasteiger partial charge in [-0.3, -0.25) is 4.79 Å². The second-order valence-electron chi connectivity index (χ2n) is 7.82. The Hall–Kier alpha value is -2.63. The molecule has 1 aromatic carbocycles. The zero-order valence-electron chi connectivity index (χ0n) is 17.9. The average molecular weight is 479 g/mol. The first-order chi connectivity index (χ1) is 15.1. The van der Waals surface area contributed by atoms with Crippen molar-refractivity contribution in [3.05, 3.63) is 46.4 Å². The lowest BCUT2D eigenvalue weighted by atomic mass is 9.98. The number of carbonyl (C=O) groups excluding carboxylic acids is 1. The molecule has 0 aliphatic carbocycles. The molecule has 3 heterocycles. The maximum absolute atomic E-state index is 13.8. The summed E-state index contributed by atoms with van der Waals surface area (Å²) in [5.74, 6) is -0.512. The zero-order chi connectivity index (χ0) is 23.0. The minimum atomic E-state index is -3.81. The van der Waals surface area contributed by atoms with Gasteiger partial charge in [0.2, 0.25) is 27.6 Å². The van der Waals surface area contributed by atoms with Crippen LogP contribution in [0.2, 0.25) is 0 Å². The Kier molecular flexibility index (Phi) is 6.15. The van der Waals surface area contributed by atoms with E-state index in [0.29, 0.717) is 52.1 Å². The van der Waals surface area contributed by atoms with E-state index in [1.165, 1.54) is 21.7 Å². The highest BCUT2D eigenvalue weighted by Gasteiger charge is 2.35. The number of benzene rings is 1. The third-order valence-electron chi connectivity index (χ3n) is 5.43. The normalized spacial score (nSPS) is 17.4. The topological polar surface area (TPSA) is 105 Å². The summed E-state index contributed by atoms with van der Waals surface area (Å²) in [4.78, 5) is 18.3. The van der Waals surface area contributed by atoms with Gasteiger partial charge in [0.1, 0.15) is 5.82 Å². The highest BCUT2D eigenvalue weighted by molar-refractivity contribution is 7.89. The first-order valence-corrected chi connectivity index (χ1v) is 12.4. The number of piperidine rings is 1. The minimum absolute atomic E-state index is 0.0639. The van der Waals surface area contributed by atoms with Crippen molar-refractivity contribution in [2.45, 2.75) is 38.5 Å². The monoisotopic (exact) mass is 478 g/mol. The van der Waals surface area contributed by atoms with Crippen LogP contribution in [0.4, 0.5) is 10.1 Å². The quantitative estimate of drug-likeness (QED) is 0.596. The van der Waals surface area contributed by atoms with E-state index < -0.39 is 21.8 Å². The van der Waals surface area contributed by atoms with Crippen molar-refractivity contribution in [3.63, 3.8) is 0 Å². The summed E-state index contributed by atoms with van der Waals surface area (Å²) in [5, 5.41) is 6.56. The van der Waals surface area contributed by atoms with E-state index in [-0.39, 0.29) is 17.3 Å². The van der Waals surface area contributed by atoms with Crippen molar-refractivity contribution in [2.24, 2.45) is 5.92 Å². The molecule has 1 N–H and O–H groups in total. The number of amides is 1. The van der Waals surface area contributed by atoms with E-state index in [9.17, 15) is 17.6 Å². The molecule has 4 rings (SSSR count). The fourth-order valence-electron chi connectivity index (χ4n) is 3.66. The summed E-state index contributed by atoms with van der Waals surface area (Å²) in [7, 11) is -3.81. The molecule has 170 valence electrons. The molecule has 1 amide bonds. The lowest BCUT2D eigenvalue weighted by Gasteiger charge is -2.31. The molecule has 0 saturated carbocycles. The fraction of sp³-hybridized carbons (Fsp3) is 0.381. The predicted molar refractivity (Wildman–Crippen MR) is 118 cm³/mol. The summed E-state index contributed by atoms with van der Waals surface area (Å²) in [6.07, 6.45) is 1.11. The van der Waals surface area contributed by atoms with Crippen LogP contribution in [0.25, 0.3) is 10.7 Å². The molecule has 11 heteroatoms. The van der Waals surface area contributed by atoms with E-state index in [1.54, 1.807) is 39.0 Å². The molecule has 1 fully saturated rings. The average Bonchev–Trinajstić information content (AvgIpc) is 3.36.